The van der Waals surface area contributed by atoms with Gasteiger partial charge in [0.15, 0.2) is 0 Å². The minimum absolute atomic E-state index is 0.143. The standard InChI is InChI=1S/C13H17N3O4/c1-9(16-13(14)19)12(18)15-7-11(17)20-8-10-5-3-2-4-6-10/h2-6,9H,7-8H2,1H3,(H,15,18)(H3,14,16,19)/t9-/m0/s1. The van der Waals surface area contributed by atoms with E-state index in [9.17, 15) is 14.4 Å². The molecule has 0 unspecified atom stereocenters. The topological polar surface area (TPSA) is 111 Å². The van der Waals surface area contributed by atoms with E-state index in [0.717, 1.165) is 5.56 Å². The van der Waals surface area contributed by atoms with E-state index in [2.05, 4.69) is 10.6 Å². The van der Waals surface area contributed by atoms with Crippen molar-refractivity contribution in [2.24, 2.45) is 5.73 Å². The third-order valence-electron chi connectivity index (χ3n) is 2.40. The zero-order valence-corrected chi connectivity index (χ0v) is 11.1. The highest BCUT2D eigenvalue weighted by atomic mass is 16.5. The number of carbonyl (C=O) groups excluding carboxylic acids is 3. The molecule has 0 aliphatic rings. The van der Waals surface area contributed by atoms with Crippen molar-refractivity contribution >= 4 is 17.9 Å². The third-order valence-corrected chi connectivity index (χ3v) is 2.40. The van der Waals surface area contributed by atoms with Crippen LogP contribution in [0, 0.1) is 0 Å². The molecule has 108 valence electrons. The fraction of sp³-hybridized carbons (Fsp3) is 0.308. The predicted molar refractivity (Wildman–Crippen MR) is 71.4 cm³/mol. The number of ether oxygens (including phenoxy) is 1. The van der Waals surface area contributed by atoms with E-state index >= 15 is 0 Å². The second-order valence-electron chi connectivity index (χ2n) is 4.09. The Hall–Kier alpha value is -2.57. The van der Waals surface area contributed by atoms with Crippen LogP contribution in [0.4, 0.5) is 4.79 Å². The van der Waals surface area contributed by atoms with Crippen LogP contribution in [0.15, 0.2) is 30.3 Å². The molecule has 0 radical (unpaired) electrons. The molecule has 1 aromatic rings. The number of benzene rings is 1. The highest BCUT2D eigenvalue weighted by molar-refractivity contribution is 5.88. The van der Waals surface area contributed by atoms with Gasteiger partial charge in [-0.25, -0.2) is 4.79 Å². The van der Waals surface area contributed by atoms with Crippen LogP contribution in [-0.4, -0.2) is 30.5 Å². The van der Waals surface area contributed by atoms with Crippen molar-refractivity contribution in [1.82, 2.24) is 10.6 Å². The van der Waals surface area contributed by atoms with E-state index in [-0.39, 0.29) is 13.2 Å². The van der Waals surface area contributed by atoms with Crippen molar-refractivity contribution in [3.8, 4) is 0 Å². The average molecular weight is 279 g/mol. The summed E-state index contributed by atoms with van der Waals surface area (Å²) in [4.78, 5) is 33.4. The summed E-state index contributed by atoms with van der Waals surface area (Å²) in [6.07, 6.45) is 0. The van der Waals surface area contributed by atoms with Gasteiger partial charge in [0, 0.05) is 0 Å². The number of nitrogens with two attached hydrogens (primary N) is 1. The smallest absolute Gasteiger partial charge is 0.325 e. The lowest BCUT2D eigenvalue weighted by molar-refractivity contribution is -0.145. The normalized spacial score (nSPS) is 11.2. The van der Waals surface area contributed by atoms with Crippen molar-refractivity contribution in [2.75, 3.05) is 6.54 Å². The highest BCUT2D eigenvalue weighted by Gasteiger charge is 2.15. The van der Waals surface area contributed by atoms with Crippen molar-refractivity contribution in [2.45, 2.75) is 19.6 Å². The lowest BCUT2D eigenvalue weighted by atomic mass is 10.2. The van der Waals surface area contributed by atoms with Gasteiger partial charge in [-0.1, -0.05) is 30.3 Å². The van der Waals surface area contributed by atoms with E-state index in [1.807, 2.05) is 30.3 Å². The summed E-state index contributed by atoms with van der Waals surface area (Å²) >= 11 is 0. The molecule has 1 rings (SSSR count). The molecule has 1 aromatic carbocycles. The van der Waals surface area contributed by atoms with E-state index in [1.54, 1.807) is 0 Å². The number of urea groups is 1. The maximum atomic E-state index is 11.5. The van der Waals surface area contributed by atoms with Gasteiger partial charge in [-0.05, 0) is 12.5 Å². The lowest BCUT2D eigenvalue weighted by Crippen LogP contribution is -2.47. The Morgan fingerprint density at radius 2 is 1.90 bits per heavy atom. The van der Waals surface area contributed by atoms with Crippen LogP contribution in [-0.2, 0) is 20.9 Å². The Balaban J connectivity index is 2.26. The van der Waals surface area contributed by atoms with Crippen molar-refractivity contribution < 1.29 is 19.1 Å². The fourth-order valence-electron chi connectivity index (χ4n) is 1.38. The molecule has 0 saturated carbocycles. The second kappa shape index (κ2) is 7.78. The summed E-state index contributed by atoms with van der Waals surface area (Å²) in [7, 11) is 0. The number of rotatable bonds is 6. The maximum absolute atomic E-state index is 11.5. The van der Waals surface area contributed by atoms with Crippen LogP contribution in [0.1, 0.15) is 12.5 Å². The molecule has 0 heterocycles. The first-order valence-electron chi connectivity index (χ1n) is 6.02. The number of primary amides is 1. The summed E-state index contributed by atoms with van der Waals surface area (Å²) < 4.78 is 4.97. The van der Waals surface area contributed by atoms with Crippen LogP contribution in [0.25, 0.3) is 0 Å². The Morgan fingerprint density at radius 1 is 1.25 bits per heavy atom. The maximum Gasteiger partial charge on any atom is 0.325 e. The van der Waals surface area contributed by atoms with Crippen LogP contribution in [0.2, 0.25) is 0 Å². The average Bonchev–Trinajstić information content (AvgIpc) is 2.42. The van der Waals surface area contributed by atoms with Crippen molar-refractivity contribution in [3.63, 3.8) is 0 Å². The summed E-state index contributed by atoms with van der Waals surface area (Å²) in [5, 5.41) is 4.54. The zero-order chi connectivity index (χ0) is 15.0. The summed E-state index contributed by atoms with van der Waals surface area (Å²) in [6.45, 7) is 1.33. The molecular formula is C13H17N3O4. The van der Waals surface area contributed by atoms with E-state index < -0.39 is 23.9 Å². The molecule has 0 bridgehead atoms. The van der Waals surface area contributed by atoms with Crippen LogP contribution >= 0.6 is 0 Å². The molecule has 20 heavy (non-hydrogen) atoms. The summed E-state index contributed by atoms with van der Waals surface area (Å²) in [6, 6.07) is 7.56. The minimum Gasteiger partial charge on any atom is -0.460 e. The number of amides is 3. The third kappa shape index (κ3) is 5.85. The Kier molecular flexibility index (Phi) is 6.02. The van der Waals surface area contributed by atoms with Crippen molar-refractivity contribution in [1.29, 1.82) is 0 Å². The molecule has 0 fully saturated rings. The van der Waals surface area contributed by atoms with Gasteiger partial charge in [-0.3, -0.25) is 9.59 Å². The Morgan fingerprint density at radius 3 is 2.50 bits per heavy atom. The molecule has 0 spiro atoms. The molecule has 0 aliphatic heterocycles. The quantitative estimate of drug-likeness (QED) is 0.631. The molecule has 7 heteroatoms. The van der Waals surface area contributed by atoms with Crippen LogP contribution < -0.4 is 16.4 Å². The zero-order valence-electron chi connectivity index (χ0n) is 11.1. The van der Waals surface area contributed by atoms with E-state index in [0.29, 0.717) is 0 Å². The molecular weight excluding hydrogens is 262 g/mol. The van der Waals surface area contributed by atoms with Gasteiger partial charge in [0.25, 0.3) is 0 Å². The lowest BCUT2D eigenvalue weighted by Gasteiger charge is -2.12. The van der Waals surface area contributed by atoms with E-state index in [4.69, 9.17) is 10.5 Å². The molecule has 0 aliphatic carbocycles. The first kappa shape index (κ1) is 15.5. The number of carbonyl (C=O) groups is 3. The van der Waals surface area contributed by atoms with Crippen molar-refractivity contribution in [3.05, 3.63) is 35.9 Å². The Bertz CT molecular complexity index is 476. The Labute approximate surface area is 116 Å². The predicted octanol–water partition coefficient (Wildman–Crippen LogP) is -0.0972. The van der Waals surface area contributed by atoms with Gasteiger partial charge >= 0.3 is 12.0 Å². The fourth-order valence-corrected chi connectivity index (χ4v) is 1.38. The van der Waals surface area contributed by atoms with Gasteiger partial charge in [0.05, 0.1) is 0 Å². The van der Waals surface area contributed by atoms with Crippen LogP contribution in [0.3, 0.4) is 0 Å². The molecule has 1 atom stereocenters. The SMILES string of the molecule is C[C@H](NC(N)=O)C(=O)NCC(=O)OCc1ccccc1. The first-order chi connectivity index (χ1) is 9.49. The largest absolute Gasteiger partial charge is 0.460 e. The van der Waals surface area contributed by atoms with Crippen LogP contribution in [0.5, 0.6) is 0 Å². The number of hydrogen-bond acceptors (Lipinski definition) is 4. The van der Waals surface area contributed by atoms with Gasteiger partial charge in [-0.15, -0.1) is 0 Å². The van der Waals surface area contributed by atoms with Gasteiger partial charge < -0.3 is 21.1 Å². The number of nitrogens with one attached hydrogen (secondary N) is 2. The molecule has 0 saturated heterocycles. The number of esters is 1. The summed E-state index contributed by atoms with van der Waals surface area (Å²) in [5.74, 6) is -1.08. The monoisotopic (exact) mass is 279 g/mol. The highest BCUT2D eigenvalue weighted by Crippen LogP contribution is 2.00. The second-order valence-corrected chi connectivity index (χ2v) is 4.09. The molecule has 4 N–H and O–H groups in total. The first-order valence-corrected chi connectivity index (χ1v) is 6.02. The molecule has 3 amide bonds. The molecule has 0 aromatic heterocycles. The number of hydrogen-bond donors (Lipinski definition) is 3. The van der Waals surface area contributed by atoms with Gasteiger partial charge in [0.2, 0.25) is 5.91 Å². The summed E-state index contributed by atoms with van der Waals surface area (Å²) in [5.41, 5.74) is 5.73. The van der Waals surface area contributed by atoms with Gasteiger partial charge in [0.1, 0.15) is 19.2 Å². The van der Waals surface area contributed by atoms with Gasteiger partial charge in [-0.2, -0.15) is 0 Å². The minimum atomic E-state index is -0.811. The molecule has 7 nitrogen and oxygen atoms in total. The van der Waals surface area contributed by atoms with E-state index in [1.165, 1.54) is 6.92 Å².